The van der Waals surface area contributed by atoms with E-state index >= 15 is 0 Å². The summed E-state index contributed by atoms with van der Waals surface area (Å²) in [6, 6.07) is 12.8. The number of nitrogens with one attached hydrogen (secondary N) is 3. The third-order valence-corrected chi connectivity index (χ3v) is 5.00. The number of benzene rings is 2. The van der Waals surface area contributed by atoms with Gasteiger partial charge in [0.15, 0.2) is 0 Å². The predicted molar refractivity (Wildman–Crippen MR) is 113 cm³/mol. The minimum Gasteiger partial charge on any atom is -0.334 e. The maximum absolute atomic E-state index is 12.3. The van der Waals surface area contributed by atoms with Crippen molar-refractivity contribution in [3.8, 4) is 0 Å². The molecule has 0 saturated carbocycles. The molecular formula is C21H25ClN4O2. The van der Waals surface area contributed by atoms with E-state index in [4.69, 9.17) is 11.6 Å². The predicted octanol–water partition coefficient (Wildman–Crippen LogP) is 4.22. The van der Waals surface area contributed by atoms with Crippen molar-refractivity contribution in [2.45, 2.75) is 32.9 Å². The van der Waals surface area contributed by atoms with E-state index in [2.05, 4.69) is 26.9 Å². The van der Waals surface area contributed by atoms with Gasteiger partial charge in [-0.2, -0.15) is 0 Å². The van der Waals surface area contributed by atoms with Crippen molar-refractivity contribution in [1.29, 1.82) is 0 Å². The third-order valence-electron chi connectivity index (χ3n) is 4.69. The van der Waals surface area contributed by atoms with Crippen LogP contribution in [0.4, 0.5) is 16.2 Å². The first-order valence-corrected chi connectivity index (χ1v) is 9.80. The van der Waals surface area contributed by atoms with E-state index < -0.39 is 0 Å². The molecule has 1 fully saturated rings. The second-order valence-corrected chi connectivity index (χ2v) is 7.34. The summed E-state index contributed by atoms with van der Waals surface area (Å²) in [6.07, 6.45) is 2.51. The Morgan fingerprint density at radius 1 is 1.04 bits per heavy atom. The standard InChI is InChI=1S/C21H25ClN4O2/c1-15(27)24-18-8-9-20(19(22)12-18)25-21(28)23-13-16-6-2-3-7-17(16)14-26-10-4-5-11-26/h2-3,6-9,12H,4-5,10-11,13-14H2,1H3,(H,24,27)(H2,23,25,28). The molecule has 0 aromatic heterocycles. The Labute approximate surface area is 170 Å². The molecule has 2 aromatic rings. The van der Waals surface area contributed by atoms with Gasteiger partial charge >= 0.3 is 6.03 Å². The topological polar surface area (TPSA) is 73.5 Å². The average molecular weight is 401 g/mol. The molecule has 1 aliphatic rings. The highest BCUT2D eigenvalue weighted by atomic mass is 35.5. The summed E-state index contributed by atoms with van der Waals surface area (Å²) >= 11 is 6.20. The van der Waals surface area contributed by atoms with Crippen LogP contribution in [0.15, 0.2) is 42.5 Å². The van der Waals surface area contributed by atoms with E-state index in [-0.39, 0.29) is 11.9 Å². The highest BCUT2D eigenvalue weighted by molar-refractivity contribution is 6.34. The Hall–Kier alpha value is -2.57. The van der Waals surface area contributed by atoms with E-state index in [0.29, 0.717) is 22.9 Å². The van der Waals surface area contributed by atoms with Gasteiger partial charge in [0.25, 0.3) is 0 Å². The first-order valence-electron chi connectivity index (χ1n) is 9.42. The van der Waals surface area contributed by atoms with Crippen LogP contribution in [0, 0.1) is 0 Å². The smallest absolute Gasteiger partial charge is 0.319 e. The number of nitrogens with zero attached hydrogens (tertiary/aromatic N) is 1. The molecule has 1 saturated heterocycles. The molecule has 1 heterocycles. The summed E-state index contributed by atoms with van der Waals surface area (Å²) in [4.78, 5) is 25.8. The maximum Gasteiger partial charge on any atom is 0.319 e. The first-order chi connectivity index (χ1) is 13.5. The zero-order chi connectivity index (χ0) is 19.9. The molecule has 0 radical (unpaired) electrons. The molecule has 0 atom stereocenters. The molecule has 7 heteroatoms. The Morgan fingerprint density at radius 3 is 2.43 bits per heavy atom. The number of carbonyl (C=O) groups is 2. The fourth-order valence-corrected chi connectivity index (χ4v) is 3.53. The lowest BCUT2D eigenvalue weighted by Gasteiger charge is -2.18. The number of urea groups is 1. The third kappa shape index (κ3) is 5.71. The molecule has 148 valence electrons. The number of hydrogen-bond donors (Lipinski definition) is 3. The first kappa shape index (κ1) is 20.2. The monoisotopic (exact) mass is 400 g/mol. The molecule has 3 amide bonds. The zero-order valence-corrected chi connectivity index (χ0v) is 16.7. The van der Waals surface area contributed by atoms with Gasteiger partial charge in [-0.3, -0.25) is 9.69 Å². The molecule has 3 rings (SSSR count). The van der Waals surface area contributed by atoms with Crippen LogP contribution in [0.2, 0.25) is 5.02 Å². The van der Waals surface area contributed by atoms with Crippen LogP contribution in [0.3, 0.4) is 0 Å². The minimum absolute atomic E-state index is 0.179. The normalized spacial score (nSPS) is 13.9. The van der Waals surface area contributed by atoms with Crippen molar-refractivity contribution in [3.63, 3.8) is 0 Å². The molecule has 2 aromatic carbocycles. The molecule has 28 heavy (non-hydrogen) atoms. The molecular weight excluding hydrogens is 376 g/mol. The Morgan fingerprint density at radius 2 is 1.75 bits per heavy atom. The fraction of sp³-hybridized carbons (Fsp3) is 0.333. The number of halogens is 1. The lowest BCUT2D eigenvalue weighted by atomic mass is 10.1. The Bertz CT molecular complexity index is 850. The minimum atomic E-state index is -0.329. The molecule has 3 N–H and O–H groups in total. The van der Waals surface area contributed by atoms with Crippen LogP contribution in [-0.2, 0) is 17.9 Å². The molecule has 0 unspecified atom stereocenters. The number of carbonyl (C=O) groups excluding carboxylic acids is 2. The molecule has 0 bridgehead atoms. The van der Waals surface area contributed by atoms with Crippen LogP contribution < -0.4 is 16.0 Å². The summed E-state index contributed by atoms with van der Waals surface area (Å²) in [7, 11) is 0. The summed E-state index contributed by atoms with van der Waals surface area (Å²) in [5.74, 6) is -0.179. The van der Waals surface area contributed by atoms with Crippen molar-refractivity contribution >= 4 is 34.9 Å². The van der Waals surface area contributed by atoms with Crippen molar-refractivity contribution in [2.24, 2.45) is 0 Å². The van der Waals surface area contributed by atoms with Gasteiger partial charge in [-0.25, -0.2) is 4.79 Å². The Kier molecular flexibility index (Phi) is 6.90. The van der Waals surface area contributed by atoms with Crippen molar-refractivity contribution in [1.82, 2.24) is 10.2 Å². The largest absolute Gasteiger partial charge is 0.334 e. The van der Waals surface area contributed by atoms with Crippen LogP contribution in [0.1, 0.15) is 30.9 Å². The number of likely N-dealkylation sites (tertiary alicyclic amines) is 1. The molecule has 0 aliphatic carbocycles. The molecule has 1 aliphatic heterocycles. The zero-order valence-electron chi connectivity index (χ0n) is 15.9. The number of hydrogen-bond acceptors (Lipinski definition) is 3. The van der Waals surface area contributed by atoms with Gasteiger partial charge < -0.3 is 16.0 Å². The van der Waals surface area contributed by atoms with Gasteiger partial charge in [0.1, 0.15) is 0 Å². The van der Waals surface area contributed by atoms with Crippen LogP contribution in [0.25, 0.3) is 0 Å². The summed E-state index contributed by atoms with van der Waals surface area (Å²) in [5, 5.41) is 8.65. The van der Waals surface area contributed by atoms with Crippen LogP contribution >= 0.6 is 11.6 Å². The number of anilines is 2. The quantitative estimate of drug-likeness (QED) is 0.679. The van der Waals surface area contributed by atoms with Gasteiger partial charge in [0, 0.05) is 25.7 Å². The van der Waals surface area contributed by atoms with Crippen LogP contribution in [0.5, 0.6) is 0 Å². The van der Waals surface area contributed by atoms with Gasteiger partial charge in [-0.05, 0) is 55.3 Å². The highest BCUT2D eigenvalue weighted by Crippen LogP contribution is 2.25. The van der Waals surface area contributed by atoms with Crippen molar-refractivity contribution < 1.29 is 9.59 Å². The van der Waals surface area contributed by atoms with E-state index in [0.717, 1.165) is 25.2 Å². The lowest BCUT2D eigenvalue weighted by molar-refractivity contribution is -0.114. The number of rotatable bonds is 6. The van der Waals surface area contributed by atoms with Crippen molar-refractivity contribution in [3.05, 3.63) is 58.6 Å². The maximum atomic E-state index is 12.3. The summed E-state index contributed by atoms with van der Waals surface area (Å²) < 4.78 is 0. The molecule has 6 nitrogen and oxygen atoms in total. The van der Waals surface area contributed by atoms with Gasteiger partial charge in [-0.15, -0.1) is 0 Å². The lowest BCUT2D eigenvalue weighted by Crippen LogP contribution is -2.29. The van der Waals surface area contributed by atoms with E-state index in [1.807, 2.05) is 18.2 Å². The highest BCUT2D eigenvalue weighted by Gasteiger charge is 2.14. The average Bonchev–Trinajstić information content (AvgIpc) is 3.16. The SMILES string of the molecule is CC(=O)Nc1ccc(NC(=O)NCc2ccccc2CN2CCCC2)c(Cl)c1. The van der Waals surface area contributed by atoms with E-state index in [1.165, 1.54) is 25.3 Å². The number of amides is 3. The second kappa shape index (κ2) is 9.57. The molecule has 0 spiro atoms. The fourth-order valence-electron chi connectivity index (χ4n) is 3.31. The van der Waals surface area contributed by atoms with Crippen molar-refractivity contribution in [2.75, 3.05) is 23.7 Å². The van der Waals surface area contributed by atoms with Crippen LogP contribution in [-0.4, -0.2) is 29.9 Å². The van der Waals surface area contributed by atoms with Gasteiger partial charge in [0.2, 0.25) is 5.91 Å². The van der Waals surface area contributed by atoms with E-state index in [9.17, 15) is 9.59 Å². The van der Waals surface area contributed by atoms with Gasteiger partial charge in [0.05, 0.1) is 10.7 Å². The van der Waals surface area contributed by atoms with Gasteiger partial charge in [-0.1, -0.05) is 35.9 Å². The Balaban J connectivity index is 1.56. The van der Waals surface area contributed by atoms with E-state index in [1.54, 1.807) is 18.2 Å². The summed E-state index contributed by atoms with van der Waals surface area (Å²) in [5.41, 5.74) is 3.41. The second-order valence-electron chi connectivity index (χ2n) is 6.94. The summed E-state index contributed by atoms with van der Waals surface area (Å²) in [6.45, 7) is 5.05.